The van der Waals surface area contributed by atoms with Gasteiger partial charge in [-0.25, -0.2) is 4.79 Å². The van der Waals surface area contributed by atoms with Crippen molar-refractivity contribution in [2.24, 2.45) is 0 Å². The third kappa shape index (κ3) is 5.29. The topological polar surface area (TPSA) is 82.5 Å². The maximum atomic E-state index is 11.6. The molecule has 18 heavy (non-hydrogen) atoms. The van der Waals surface area contributed by atoms with Crippen LogP contribution >= 0.6 is 0 Å². The summed E-state index contributed by atoms with van der Waals surface area (Å²) in [6, 6.07) is 3.46. The maximum Gasteiger partial charge on any atom is 0.317 e. The van der Waals surface area contributed by atoms with E-state index in [4.69, 9.17) is 5.11 Å². The Morgan fingerprint density at radius 3 is 2.89 bits per heavy atom. The molecule has 2 amide bonds. The van der Waals surface area contributed by atoms with Crippen molar-refractivity contribution >= 4 is 12.0 Å². The van der Waals surface area contributed by atoms with E-state index in [0.29, 0.717) is 19.5 Å². The Morgan fingerprint density at radius 2 is 2.28 bits per heavy atom. The Hall–Kier alpha value is -2.11. The molecule has 0 bridgehead atoms. The summed E-state index contributed by atoms with van der Waals surface area (Å²) in [6.07, 6.45) is 3.88. The molecule has 0 spiro atoms. The Morgan fingerprint density at radius 1 is 1.50 bits per heavy atom. The molecule has 1 heterocycles. The summed E-state index contributed by atoms with van der Waals surface area (Å²) in [5.41, 5.74) is 0.921. The predicted molar refractivity (Wildman–Crippen MR) is 66.0 cm³/mol. The van der Waals surface area contributed by atoms with Gasteiger partial charge in [0.1, 0.15) is 0 Å². The maximum absolute atomic E-state index is 11.6. The number of aromatic nitrogens is 1. The number of urea groups is 1. The molecule has 0 fully saturated rings. The summed E-state index contributed by atoms with van der Waals surface area (Å²) < 4.78 is 0. The van der Waals surface area contributed by atoms with Crippen molar-refractivity contribution in [3.05, 3.63) is 30.1 Å². The zero-order valence-corrected chi connectivity index (χ0v) is 10.3. The number of amides is 2. The highest BCUT2D eigenvalue weighted by molar-refractivity contribution is 5.73. The van der Waals surface area contributed by atoms with E-state index in [1.54, 1.807) is 25.5 Å². The van der Waals surface area contributed by atoms with Crippen LogP contribution in [0, 0.1) is 0 Å². The van der Waals surface area contributed by atoms with Crippen molar-refractivity contribution < 1.29 is 14.7 Å². The molecule has 6 nitrogen and oxygen atoms in total. The lowest BCUT2D eigenvalue weighted by atomic mass is 10.3. The number of carboxylic acid groups (broad SMARTS) is 1. The third-order valence-corrected chi connectivity index (χ3v) is 2.40. The number of carbonyl (C=O) groups is 2. The second kappa shape index (κ2) is 7.26. The van der Waals surface area contributed by atoms with Gasteiger partial charge in [-0.2, -0.15) is 0 Å². The van der Waals surface area contributed by atoms with E-state index >= 15 is 0 Å². The normalized spacial score (nSPS) is 9.83. The van der Waals surface area contributed by atoms with Crippen LogP contribution in [0.2, 0.25) is 0 Å². The lowest BCUT2D eigenvalue weighted by Crippen LogP contribution is -2.37. The van der Waals surface area contributed by atoms with E-state index in [2.05, 4.69) is 10.3 Å². The number of hydrogen-bond donors (Lipinski definition) is 2. The molecular formula is C12H17N3O3. The first-order valence-electron chi connectivity index (χ1n) is 5.69. The van der Waals surface area contributed by atoms with Gasteiger partial charge < -0.3 is 15.3 Å². The standard InChI is InChI=1S/C12H17N3O3/c1-15(7-3-5-11(16)17)12(18)14-9-10-4-2-6-13-8-10/h2,4,6,8H,3,5,7,9H2,1H3,(H,14,18)(H,16,17). The van der Waals surface area contributed by atoms with Crippen LogP contribution in [0.1, 0.15) is 18.4 Å². The van der Waals surface area contributed by atoms with E-state index < -0.39 is 5.97 Å². The summed E-state index contributed by atoms with van der Waals surface area (Å²) in [5, 5.41) is 11.2. The number of carbonyl (C=O) groups excluding carboxylic acids is 1. The van der Waals surface area contributed by atoms with E-state index in [1.807, 2.05) is 6.07 Å². The zero-order valence-electron chi connectivity index (χ0n) is 10.3. The zero-order chi connectivity index (χ0) is 13.4. The predicted octanol–water partition coefficient (Wildman–Crippen LogP) is 1.09. The van der Waals surface area contributed by atoms with E-state index in [0.717, 1.165) is 5.56 Å². The minimum absolute atomic E-state index is 0.0697. The van der Waals surface area contributed by atoms with Gasteiger partial charge in [-0.15, -0.1) is 0 Å². The molecule has 0 unspecified atom stereocenters. The van der Waals surface area contributed by atoms with Crippen LogP contribution < -0.4 is 5.32 Å². The van der Waals surface area contributed by atoms with Crippen molar-refractivity contribution in [3.63, 3.8) is 0 Å². The molecular weight excluding hydrogens is 234 g/mol. The number of pyridine rings is 1. The monoisotopic (exact) mass is 251 g/mol. The molecule has 0 aliphatic carbocycles. The molecule has 0 radical (unpaired) electrons. The largest absolute Gasteiger partial charge is 0.481 e. The lowest BCUT2D eigenvalue weighted by molar-refractivity contribution is -0.137. The summed E-state index contributed by atoms with van der Waals surface area (Å²) >= 11 is 0. The molecule has 98 valence electrons. The Labute approximate surface area is 106 Å². The van der Waals surface area contributed by atoms with E-state index in [1.165, 1.54) is 4.90 Å². The average Bonchev–Trinajstić information content (AvgIpc) is 2.36. The minimum atomic E-state index is -0.848. The number of aliphatic carboxylic acids is 1. The first kappa shape index (κ1) is 14.0. The highest BCUT2D eigenvalue weighted by atomic mass is 16.4. The molecule has 1 rings (SSSR count). The number of nitrogens with one attached hydrogen (secondary N) is 1. The second-order valence-corrected chi connectivity index (χ2v) is 3.94. The van der Waals surface area contributed by atoms with Crippen molar-refractivity contribution in [1.29, 1.82) is 0 Å². The van der Waals surface area contributed by atoms with Gasteiger partial charge in [0, 0.05) is 39.0 Å². The van der Waals surface area contributed by atoms with Crippen molar-refractivity contribution in [2.45, 2.75) is 19.4 Å². The smallest absolute Gasteiger partial charge is 0.317 e. The molecule has 0 atom stereocenters. The van der Waals surface area contributed by atoms with Gasteiger partial charge in [0.25, 0.3) is 0 Å². The Balaban J connectivity index is 2.25. The molecule has 2 N–H and O–H groups in total. The van der Waals surface area contributed by atoms with Gasteiger partial charge in [0.15, 0.2) is 0 Å². The summed E-state index contributed by atoms with van der Waals surface area (Å²) in [7, 11) is 1.64. The van der Waals surface area contributed by atoms with Gasteiger partial charge in [-0.1, -0.05) is 6.07 Å². The van der Waals surface area contributed by atoms with Gasteiger partial charge in [-0.05, 0) is 18.1 Å². The Kier molecular flexibility index (Phi) is 5.63. The number of carboxylic acids is 1. The highest BCUT2D eigenvalue weighted by Crippen LogP contribution is 1.97. The quantitative estimate of drug-likeness (QED) is 0.792. The van der Waals surface area contributed by atoms with Crippen LogP contribution in [-0.4, -0.2) is 40.6 Å². The van der Waals surface area contributed by atoms with Crippen LogP contribution in [-0.2, 0) is 11.3 Å². The first-order chi connectivity index (χ1) is 8.59. The van der Waals surface area contributed by atoms with Crippen LogP contribution in [0.5, 0.6) is 0 Å². The van der Waals surface area contributed by atoms with Gasteiger partial charge in [0.2, 0.25) is 0 Å². The van der Waals surface area contributed by atoms with Gasteiger partial charge >= 0.3 is 12.0 Å². The van der Waals surface area contributed by atoms with Crippen LogP contribution in [0.15, 0.2) is 24.5 Å². The Bertz CT molecular complexity index is 395. The molecule has 0 saturated carbocycles. The van der Waals surface area contributed by atoms with Crippen LogP contribution in [0.25, 0.3) is 0 Å². The summed E-state index contributed by atoms with van der Waals surface area (Å²) in [5.74, 6) is -0.848. The second-order valence-electron chi connectivity index (χ2n) is 3.94. The van der Waals surface area contributed by atoms with E-state index in [9.17, 15) is 9.59 Å². The summed E-state index contributed by atoms with van der Waals surface area (Å²) in [4.78, 5) is 27.4. The molecule has 0 aliphatic rings. The minimum Gasteiger partial charge on any atom is -0.481 e. The van der Waals surface area contributed by atoms with Crippen molar-refractivity contribution in [2.75, 3.05) is 13.6 Å². The number of hydrogen-bond acceptors (Lipinski definition) is 3. The average molecular weight is 251 g/mol. The highest BCUT2D eigenvalue weighted by Gasteiger charge is 2.08. The van der Waals surface area contributed by atoms with E-state index in [-0.39, 0.29) is 12.5 Å². The molecule has 0 aliphatic heterocycles. The fourth-order valence-corrected chi connectivity index (χ4v) is 1.38. The van der Waals surface area contributed by atoms with Gasteiger partial charge in [0.05, 0.1) is 0 Å². The van der Waals surface area contributed by atoms with Gasteiger partial charge in [-0.3, -0.25) is 9.78 Å². The fourth-order valence-electron chi connectivity index (χ4n) is 1.38. The van der Waals surface area contributed by atoms with Crippen molar-refractivity contribution in [3.8, 4) is 0 Å². The number of nitrogens with zero attached hydrogens (tertiary/aromatic N) is 2. The molecule has 1 aromatic heterocycles. The number of rotatable bonds is 6. The van der Waals surface area contributed by atoms with Crippen LogP contribution in [0.4, 0.5) is 4.79 Å². The molecule has 6 heteroatoms. The molecule has 0 saturated heterocycles. The lowest BCUT2D eigenvalue weighted by Gasteiger charge is -2.17. The fraction of sp³-hybridized carbons (Fsp3) is 0.417. The third-order valence-electron chi connectivity index (χ3n) is 2.40. The van der Waals surface area contributed by atoms with Crippen molar-refractivity contribution in [1.82, 2.24) is 15.2 Å². The molecule has 1 aromatic rings. The van der Waals surface area contributed by atoms with Crippen LogP contribution in [0.3, 0.4) is 0 Å². The first-order valence-corrected chi connectivity index (χ1v) is 5.69. The summed E-state index contributed by atoms with van der Waals surface area (Å²) in [6.45, 7) is 0.834. The SMILES string of the molecule is CN(CCCC(=O)O)C(=O)NCc1cccnc1. The molecule has 0 aromatic carbocycles.